The Kier molecular flexibility index (Phi) is 9.65. The first-order chi connectivity index (χ1) is 16.0. The third-order valence-corrected chi connectivity index (χ3v) is 7.48. The van der Waals surface area contributed by atoms with Crippen LogP contribution in [0.2, 0.25) is 0 Å². The number of urea groups is 1. The van der Waals surface area contributed by atoms with Crippen molar-refractivity contribution < 1.29 is 23.9 Å². The van der Waals surface area contributed by atoms with Crippen LogP contribution in [-0.4, -0.2) is 93.8 Å². The van der Waals surface area contributed by atoms with Gasteiger partial charge in [-0.2, -0.15) is 0 Å². The van der Waals surface area contributed by atoms with E-state index in [1.54, 1.807) is 60.5 Å². The topological polar surface area (TPSA) is 95.0 Å². The number of halogens is 2. The lowest BCUT2D eigenvalue weighted by molar-refractivity contribution is 0.0326. The number of aliphatic imine (C=N–C) groups is 1. The molecule has 1 atom stereocenters. The third kappa shape index (κ3) is 8.96. The van der Waals surface area contributed by atoms with Gasteiger partial charge in [0, 0.05) is 22.5 Å². The number of allylic oxidation sites excluding steroid dienone is 2. The summed E-state index contributed by atoms with van der Waals surface area (Å²) in [6.45, 7) is 10.9. The molecule has 1 unspecified atom stereocenters. The van der Waals surface area contributed by atoms with E-state index in [2.05, 4.69) is 43.5 Å². The van der Waals surface area contributed by atoms with Gasteiger partial charge >= 0.3 is 18.2 Å². The minimum Gasteiger partial charge on any atom is -0.443 e. The molecule has 2 aliphatic rings. The summed E-state index contributed by atoms with van der Waals surface area (Å²) in [5.41, 5.74) is -0.671. The number of amides is 4. The van der Waals surface area contributed by atoms with E-state index in [1.807, 2.05) is 12.2 Å². The van der Waals surface area contributed by atoms with E-state index in [4.69, 9.17) is 9.47 Å². The van der Waals surface area contributed by atoms with Crippen molar-refractivity contribution in [1.82, 2.24) is 19.6 Å². The van der Waals surface area contributed by atoms with Gasteiger partial charge < -0.3 is 24.2 Å². The minimum atomic E-state index is -0.841. The van der Waals surface area contributed by atoms with Crippen LogP contribution in [0, 0.1) is 0 Å². The maximum atomic E-state index is 13.4. The number of hydrogen-bond donors (Lipinski definition) is 0. The first kappa shape index (κ1) is 29.4. The van der Waals surface area contributed by atoms with Crippen LogP contribution in [-0.2, 0) is 9.47 Å². The molecule has 0 radical (unpaired) electrons. The minimum absolute atomic E-state index is 0.0463. The van der Waals surface area contributed by atoms with Crippen LogP contribution in [0.1, 0.15) is 48.0 Å². The second-order valence-electron chi connectivity index (χ2n) is 10.5. The fraction of sp³-hybridized carbons (Fsp3) is 0.652. The average molecular weight is 668 g/mol. The molecule has 35 heavy (non-hydrogen) atoms. The van der Waals surface area contributed by atoms with Gasteiger partial charge in [0.15, 0.2) is 0 Å². The SMILES string of the molecule is CN1CN(C(=NC(=O)OC(C)(C)C)N(CC2=CCC(Br)C(I)=C2)C(=O)OC(C)(C)C)CN(C)C1=O. The lowest BCUT2D eigenvalue weighted by Crippen LogP contribution is -2.61. The van der Waals surface area contributed by atoms with Crippen molar-refractivity contribution in [1.29, 1.82) is 0 Å². The molecule has 0 N–H and O–H groups in total. The van der Waals surface area contributed by atoms with Gasteiger partial charge in [-0.3, -0.25) is 0 Å². The highest BCUT2D eigenvalue weighted by Gasteiger charge is 2.35. The lowest BCUT2D eigenvalue weighted by atomic mass is 10.1. The molecule has 10 nitrogen and oxygen atoms in total. The van der Waals surface area contributed by atoms with Crippen LogP contribution in [0.3, 0.4) is 0 Å². The molecule has 0 aromatic heterocycles. The molecule has 0 aromatic carbocycles. The van der Waals surface area contributed by atoms with E-state index in [1.165, 1.54) is 14.7 Å². The molecule has 0 bridgehead atoms. The van der Waals surface area contributed by atoms with Gasteiger partial charge in [0.2, 0.25) is 5.96 Å². The summed E-state index contributed by atoms with van der Waals surface area (Å²) in [6.07, 6.45) is 3.28. The summed E-state index contributed by atoms with van der Waals surface area (Å²) in [5.74, 6) is 0.0463. The van der Waals surface area contributed by atoms with Gasteiger partial charge in [-0.1, -0.05) is 22.0 Å². The molecular weight excluding hydrogens is 633 g/mol. The number of alkyl halides is 1. The Balaban J connectivity index is 2.55. The van der Waals surface area contributed by atoms with Crippen molar-refractivity contribution in [2.75, 3.05) is 34.0 Å². The van der Waals surface area contributed by atoms with Crippen molar-refractivity contribution in [3.8, 4) is 0 Å². The zero-order chi connectivity index (χ0) is 26.7. The maximum absolute atomic E-state index is 13.4. The molecule has 0 aromatic rings. The second kappa shape index (κ2) is 11.5. The van der Waals surface area contributed by atoms with Crippen LogP contribution >= 0.6 is 38.5 Å². The third-order valence-electron chi connectivity index (χ3n) is 4.69. The van der Waals surface area contributed by atoms with Crippen molar-refractivity contribution in [3.63, 3.8) is 0 Å². The summed E-state index contributed by atoms with van der Waals surface area (Å²) in [6, 6.07) is -0.183. The van der Waals surface area contributed by atoms with Gasteiger partial charge in [0.1, 0.15) is 11.2 Å². The van der Waals surface area contributed by atoms with Crippen LogP contribution in [0.5, 0.6) is 0 Å². The Morgan fingerprint density at radius 3 is 2.14 bits per heavy atom. The van der Waals surface area contributed by atoms with E-state index in [0.717, 1.165) is 15.6 Å². The molecule has 2 rings (SSSR count). The van der Waals surface area contributed by atoms with E-state index in [-0.39, 0.29) is 36.7 Å². The molecule has 0 spiro atoms. The van der Waals surface area contributed by atoms with Gasteiger partial charge in [-0.05, 0) is 82.2 Å². The Hall–Kier alpha value is -1.83. The molecular formula is C23H35BrIN5O5. The number of hydrogen-bond acceptors (Lipinski definition) is 5. The monoisotopic (exact) mass is 667 g/mol. The first-order valence-corrected chi connectivity index (χ1v) is 13.2. The number of nitrogens with zero attached hydrogens (tertiary/aromatic N) is 5. The maximum Gasteiger partial charge on any atom is 0.437 e. The Labute approximate surface area is 229 Å². The van der Waals surface area contributed by atoms with Crippen molar-refractivity contribution in [2.45, 2.75) is 64.0 Å². The summed E-state index contributed by atoms with van der Waals surface area (Å²) in [5, 5.41) is 0. The molecule has 12 heteroatoms. The summed E-state index contributed by atoms with van der Waals surface area (Å²) < 4.78 is 12.2. The van der Waals surface area contributed by atoms with Crippen molar-refractivity contribution in [2.24, 2.45) is 4.99 Å². The highest BCUT2D eigenvalue weighted by atomic mass is 127. The predicted octanol–water partition coefficient (Wildman–Crippen LogP) is 5.14. The van der Waals surface area contributed by atoms with Gasteiger partial charge in [0.05, 0.1) is 19.9 Å². The Morgan fingerprint density at radius 1 is 1.11 bits per heavy atom. The first-order valence-electron chi connectivity index (χ1n) is 11.2. The van der Waals surface area contributed by atoms with Crippen LogP contribution in [0.25, 0.3) is 0 Å². The zero-order valence-electron chi connectivity index (χ0n) is 21.6. The number of guanidine groups is 1. The van der Waals surface area contributed by atoms with E-state index < -0.39 is 23.4 Å². The Bertz CT molecular complexity index is 924. The smallest absolute Gasteiger partial charge is 0.437 e. The fourth-order valence-corrected chi connectivity index (χ4v) is 4.26. The van der Waals surface area contributed by atoms with E-state index in [0.29, 0.717) is 0 Å². The fourth-order valence-electron chi connectivity index (χ4n) is 3.28. The number of rotatable bonds is 2. The largest absolute Gasteiger partial charge is 0.443 e. The van der Waals surface area contributed by atoms with E-state index in [9.17, 15) is 14.4 Å². The number of carbonyl (C=O) groups is 3. The van der Waals surface area contributed by atoms with Crippen LogP contribution in [0.4, 0.5) is 14.4 Å². The average Bonchev–Trinajstić information content (AvgIpc) is 2.68. The Morgan fingerprint density at radius 2 is 1.66 bits per heavy atom. The zero-order valence-corrected chi connectivity index (χ0v) is 25.3. The molecule has 196 valence electrons. The van der Waals surface area contributed by atoms with E-state index >= 15 is 0 Å². The van der Waals surface area contributed by atoms with Gasteiger partial charge in [-0.25, -0.2) is 19.3 Å². The molecule has 4 amide bonds. The summed E-state index contributed by atoms with van der Waals surface area (Å²) in [7, 11) is 3.28. The molecule has 1 heterocycles. The second-order valence-corrected chi connectivity index (χ2v) is 12.8. The number of carbonyl (C=O) groups excluding carboxylic acids is 3. The highest BCUT2D eigenvalue weighted by Crippen LogP contribution is 2.29. The quantitative estimate of drug-likeness (QED) is 0.175. The summed E-state index contributed by atoms with van der Waals surface area (Å²) in [4.78, 5) is 49.0. The molecule has 0 saturated carbocycles. The predicted molar refractivity (Wildman–Crippen MR) is 147 cm³/mol. The molecule has 1 saturated heterocycles. The lowest BCUT2D eigenvalue weighted by Gasteiger charge is -2.42. The van der Waals surface area contributed by atoms with Crippen molar-refractivity contribution >= 4 is 62.7 Å². The number of ether oxygens (including phenoxy) is 2. The molecule has 1 aliphatic carbocycles. The highest BCUT2D eigenvalue weighted by molar-refractivity contribution is 14.1. The normalized spacial score (nSPS) is 19.8. The van der Waals surface area contributed by atoms with Gasteiger partial charge in [-0.15, -0.1) is 4.99 Å². The standard InChI is InChI=1S/C23H35BrIN5O5/c1-22(2,3)34-19(31)26-18(29-13-27(7)20(32)28(8)14-29)30(21(33)35-23(4,5)6)12-15-9-10-16(24)17(25)11-15/h9,11,16H,10,12-14H2,1-8H3. The van der Waals surface area contributed by atoms with Gasteiger partial charge in [0.25, 0.3) is 0 Å². The molecule has 1 aliphatic heterocycles. The summed E-state index contributed by atoms with van der Waals surface area (Å²) >= 11 is 5.89. The van der Waals surface area contributed by atoms with Crippen LogP contribution < -0.4 is 0 Å². The molecule has 1 fully saturated rings. The van der Waals surface area contributed by atoms with Crippen LogP contribution in [0.15, 0.2) is 26.3 Å². The van der Waals surface area contributed by atoms with Crippen molar-refractivity contribution in [3.05, 3.63) is 21.3 Å².